The molecule has 2 unspecified atom stereocenters. The average molecular weight is 205 g/mol. The van der Waals surface area contributed by atoms with Gasteiger partial charge in [0.1, 0.15) is 0 Å². The number of halogens is 2. The summed E-state index contributed by atoms with van der Waals surface area (Å²) in [6, 6.07) is 0. The van der Waals surface area contributed by atoms with Crippen LogP contribution in [0.1, 0.15) is 13.3 Å². The maximum atomic E-state index is 10.9. The largest absolute Gasteiger partial charge is 0.425 e. The highest BCUT2D eigenvalue weighted by Gasteiger charge is 2.38. The van der Waals surface area contributed by atoms with Crippen LogP contribution in [0.2, 0.25) is 0 Å². The molecule has 0 amide bonds. The van der Waals surface area contributed by atoms with Crippen LogP contribution in [-0.2, 0) is 13.6 Å². The highest BCUT2D eigenvalue weighted by Crippen LogP contribution is 2.60. The van der Waals surface area contributed by atoms with Gasteiger partial charge in [0.15, 0.2) is 5.06 Å². The molecule has 2 atom stereocenters. The fourth-order valence-corrected chi connectivity index (χ4v) is 2.66. The molecular formula is C4H7Cl2O3P. The summed E-state index contributed by atoms with van der Waals surface area (Å²) in [5.41, 5.74) is 0. The minimum Gasteiger partial charge on any atom is -0.297 e. The number of alkyl halides is 1. The molecule has 1 aliphatic rings. The maximum Gasteiger partial charge on any atom is 0.425 e. The summed E-state index contributed by atoms with van der Waals surface area (Å²) in [5, 5.41) is -0.935. The third-order valence-electron chi connectivity index (χ3n) is 1.09. The Hall–Kier alpha value is 0.730. The van der Waals surface area contributed by atoms with Gasteiger partial charge in [-0.3, -0.25) is 9.05 Å². The fraction of sp³-hybridized carbons (Fsp3) is 1.00. The molecule has 1 rings (SSSR count). The Labute approximate surface area is 68.9 Å². The van der Waals surface area contributed by atoms with Crippen molar-refractivity contribution in [3.05, 3.63) is 0 Å². The van der Waals surface area contributed by atoms with Crippen LogP contribution in [0.4, 0.5) is 0 Å². The van der Waals surface area contributed by atoms with E-state index in [4.69, 9.17) is 27.4 Å². The molecule has 1 aliphatic heterocycles. The molecule has 0 bridgehead atoms. The average Bonchev–Trinajstić information content (AvgIpc) is 1.56. The quantitative estimate of drug-likeness (QED) is 0.450. The van der Waals surface area contributed by atoms with Crippen molar-refractivity contribution < 1.29 is 13.6 Å². The van der Waals surface area contributed by atoms with Crippen molar-refractivity contribution in [3.63, 3.8) is 0 Å². The van der Waals surface area contributed by atoms with Crippen LogP contribution >= 0.6 is 29.8 Å². The summed E-state index contributed by atoms with van der Waals surface area (Å²) in [6.45, 7) is -1.49. The topological polar surface area (TPSA) is 35.5 Å². The minimum atomic E-state index is -3.37. The summed E-state index contributed by atoms with van der Waals surface area (Å²) >= 11 is 11.0. The van der Waals surface area contributed by atoms with Gasteiger partial charge in [-0.2, -0.15) is 0 Å². The van der Waals surface area contributed by atoms with Crippen LogP contribution < -0.4 is 0 Å². The molecule has 0 aromatic rings. The van der Waals surface area contributed by atoms with Crippen molar-refractivity contribution in [1.29, 1.82) is 0 Å². The van der Waals surface area contributed by atoms with Gasteiger partial charge in [-0.1, -0.05) is 11.6 Å². The van der Waals surface area contributed by atoms with E-state index < -0.39 is 12.0 Å². The smallest absolute Gasteiger partial charge is 0.297 e. The molecule has 0 spiro atoms. The molecule has 0 N–H and O–H groups in total. The molecular weight excluding hydrogens is 198 g/mol. The third kappa shape index (κ3) is 2.40. The van der Waals surface area contributed by atoms with Gasteiger partial charge < -0.3 is 0 Å². The molecule has 1 saturated heterocycles. The van der Waals surface area contributed by atoms with E-state index in [1.807, 2.05) is 0 Å². The van der Waals surface area contributed by atoms with E-state index in [2.05, 4.69) is 4.52 Å². The Morgan fingerprint density at radius 2 is 2.30 bits per heavy atom. The first-order chi connectivity index (χ1) is 4.41. The number of hydrogen-bond donors (Lipinski definition) is 0. The van der Waals surface area contributed by atoms with Gasteiger partial charge in [0.2, 0.25) is 0 Å². The van der Waals surface area contributed by atoms with E-state index in [1.165, 1.54) is 0 Å². The van der Waals surface area contributed by atoms with Gasteiger partial charge in [-0.05, 0) is 6.92 Å². The molecule has 60 valence electrons. The Morgan fingerprint density at radius 3 is 2.60 bits per heavy atom. The van der Waals surface area contributed by atoms with E-state index in [0.29, 0.717) is 6.42 Å². The monoisotopic (exact) mass is 204 g/mol. The molecule has 6 heteroatoms. The summed E-state index contributed by atoms with van der Waals surface area (Å²) < 4.78 is 20.2. The van der Waals surface area contributed by atoms with E-state index in [9.17, 15) is 4.57 Å². The van der Waals surface area contributed by atoms with Crippen LogP contribution in [-0.4, -0.2) is 11.7 Å². The first-order valence-corrected chi connectivity index (χ1v) is 5.58. The van der Waals surface area contributed by atoms with E-state index in [1.54, 1.807) is 6.92 Å². The predicted octanol–water partition coefficient (Wildman–Crippen LogP) is 2.73. The van der Waals surface area contributed by atoms with Gasteiger partial charge in [0.25, 0.3) is 0 Å². The van der Waals surface area contributed by atoms with Gasteiger partial charge in [0, 0.05) is 17.7 Å². The molecule has 0 aromatic heterocycles. The SMILES string of the molecule is CC1(Cl)CCOP(=O)(Cl)O1. The lowest BCUT2D eigenvalue weighted by Gasteiger charge is -2.29. The van der Waals surface area contributed by atoms with Crippen molar-refractivity contribution in [3.8, 4) is 0 Å². The van der Waals surface area contributed by atoms with Crippen LogP contribution in [0.5, 0.6) is 0 Å². The Bertz CT molecular complexity index is 181. The molecule has 0 radical (unpaired) electrons. The Morgan fingerprint density at radius 1 is 1.70 bits per heavy atom. The van der Waals surface area contributed by atoms with Crippen molar-refractivity contribution in [2.45, 2.75) is 18.4 Å². The summed E-state index contributed by atoms with van der Waals surface area (Å²) in [7, 11) is 0. The van der Waals surface area contributed by atoms with Crippen LogP contribution in [0.25, 0.3) is 0 Å². The third-order valence-corrected chi connectivity index (χ3v) is 3.08. The van der Waals surface area contributed by atoms with Gasteiger partial charge in [0.05, 0.1) is 6.61 Å². The molecule has 0 aliphatic carbocycles. The van der Waals surface area contributed by atoms with Gasteiger partial charge in [-0.15, -0.1) is 0 Å². The summed E-state index contributed by atoms with van der Waals surface area (Å²) in [4.78, 5) is 0. The predicted molar refractivity (Wildman–Crippen MR) is 39.4 cm³/mol. The van der Waals surface area contributed by atoms with Crippen molar-refractivity contribution in [1.82, 2.24) is 0 Å². The second kappa shape index (κ2) is 2.65. The van der Waals surface area contributed by atoms with Gasteiger partial charge in [-0.25, -0.2) is 4.57 Å². The normalized spacial score (nSPS) is 49.1. The molecule has 1 heterocycles. The van der Waals surface area contributed by atoms with Crippen molar-refractivity contribution in [2.24, 2.45) is 0 Å². The van der Waals surface area contributed by atoms with Crippen molar-refractivity contribution in [2.75, 3.05) is 6.61 Å². The standard InChI is InChI=1S/C4H7Cl2O3P/c1-4(5)2-3-8-10(6,7)9-4/h2-3H2,1H3. The second-order valence-electron chi connectivity index (χ2n) is 2.21. The zero-order valence-electron chi connectivity index (χ0n) is 5.34. The van der Waals surface area contributed by atoms with E-state index in [-0.39, 0.29) is 6.61 Å². The highest BCUT2D eigenvalue weighted by atomic mass is 35.7. The fourth-order valence-electron chi connectivity index (χ4n) is 0.636. The van der Waals surface area contributed by atoms with Gasteiger partial charge >= 0.3 is 6.95 Å². The molecule has 0 aromatic carbocycles. The number of hydrogen-bond acceptors (Lipinski definition) is 3. The van der Waals surface area contributed by atoms with Crippen LogP contribution in [0, 0.1) is 0 Å². The molecule has 1 fully saturated rings. The first kappa shape index (κ1) is 8.82. The zero-order chi connectivity index (χ0) is 7.83. The Balaban J connectivity index is 2.66. The molecule has 0 saturated carbocycles. The van der Waals surface area contributed by atoms with Crippen molar-refractivity contribution >= 4 is 29.8 Å². The maximum absolute atomic E-state index is 10.9. The minimum absolute atomic E-state index is 0.279. The van der Waals surface area contributed by atoms with Crippen LogP contribution in [0.15, 0.2) is 0 Å². The van der Waals surface area contributed by atoms with E-state index >= 15 is 0 Å². The lowest BCUT2D eigenvalue weighted by Crippen LogP contribution is -2.25. The number of rotatable bonds is 0. The Kier molecular flexibility index (Phi) is 2.34. The lowest BCUT2D eigenvalue weighted by atomic mass is 10.3. The summed E-state index contributed by atoms with van der Waals surface area (Å²) in [6.07, 6.45) is 0.491. The molecule has 3 nitrogen and oxygen atoms in total. The van der Waals surface area contributed by atoms with Crippen LogP contribution in [0.3, 0.4) is 0 Å². The highest BCUT2D eigenvalue weighted by molar-refractivity contribution is 7.81. The second-order valence-corrected chi connectivity index (χ2v) is 5.55. The summed E-state index contributed by atoms with van der Waals surface area (Å²) in [5.74, 6) is 0. The van der Waals surface area contributed by atoms with E-state index in [0.717, 1.165) is 0 Å². The lowest BCUT2D eigenvalue weighted by molar-refractivity contribution is 0.0738. The zero-order valence-corrected chi connectivity index (χ0v) is 7.75. The molecule has 10 heavy (non-hydrogen) atoms. The first-order valence-electron chi connectivity index (χ1n) is 2.75.